The molecule has 1 unspecified atom stereocenters. The van der Waals surface area contributed by atoms with Crippen LogP contribution in [0.3, 0.4) is 0 Å². The van der Waals surface area contributed by atoms with Gasteiger partial charge in [0.15, 0.2) is 18.1 Å². The van der Waals surface area contributed by atoms with Gasteiger partial charge in [-0.1, -0.05) is 41.9 Å². The summed E-state index contributed by atoms with van der Waals surface area (Å²) < 4.78 is 11.0. The van der Waals surface area contributed by atoms with Gasteiger partial charge in [0.05, 0.1) is 6.61 Å². The topological polar surface area (TPSA) is 84.9 Å². The van der Waals surface area contributed by atoms with Gasteiger partial charge in [0.2, 0.25) is 5.91 Å². The van der Waals surface area contributed by atoms with E-state index in [0.717, 1.165) is 27.6 Å². The van der Waals surface area contributed by atoms with E-state index in [-0.39, 0.29) is 24.0 Å². The minimum atomic E-state index is -1.10. The van der Waals surface area contributed by atoms with E-state index in [1.54, 1.807) is 12.1 Å². The minimum absolute atomic E-state index is 0.0944. The van der Waals surface area contributed by atoms with E-state index in [4.69, 9.17) is 26.2 Å². The molecular weight excluding hydrogens is 406 g/mol. The first-order chi connectivity index (χ1) is 14.5. The lowest BCUT2D eigenvalue weighted by Gasteiger charge is -2.29. The number of nitrogens with one attached hydrogen (secondary N) is 1. The molecule has 0 fully saturated rings. The summed E-state index contributed by atoms with van der Waals surface area (Å²) in [4.78, 5) is 23.3. The molecule has 6 nitrogen and oxygen atoms in total. The summed E-state index contributed by atoms with van der Waals surface area (Å²) >= 11 is 6.60. The van der Waals surface area contributed by atoms with E-state index in [0.29, 0.717) is 17.4 Å². The van der Waals surface area contributed by atoms with Crippen LogP contribution in [0.15, 0.2) is 48.5 Å². The third-order valence-corrected chi connectivity index (χ3v) is 5.40. The average molecular weight is 426 g/mol. The van der Waals surface area contributed by atoms with Crippen molar-refractivity contribution >= 4 is 39.9 Å². The van der Waals surface area contributed by atoms with Crippen LogP contribution in [0.4, 0.5) is 5.69 Å². The zero-order valence-corrected chi connectivity index (χ0v) is 17.0. The lowest BCUT2D eigenvalue weighted by molar-refractivity contribution is -0.139. The van der Waals surface area contributed by atoms with E-state index >= 15 is 0 Å². The first-order valence-corrected chi connectivity index (χ1v) is 9.98. The molecule has 4 rings (SSSR count). The number of carboxylic acids is 1. The molecule has 1 aliphatic heterocycles. The summed E-state index contributed by atoms with van der Waals surface area (Å²) in [5.74, 6) is -0.817. The molecule has 1 aliphatic rings. The Morgan fingerprint density at radius 3 is 2.70 bits per heavy atom. The first-order valence-electron chi connectivity index (χ1n) is 9.60. The SMILES string of the molecule is CCOc1cc(C2CC(=O)Nc3ccc4ccccc4c32)c(Cl)cc1OCC(=O)O. The smallest absolute Gasteiger partial charge is 0.341 e. The molecule has 1 atom stereocenters. The summed E-state index contributed by atoms with van der Waals surface area (Å²) in [5, 5.41) is 14.4. The van der Waals surface area contributed by atoms with Crippen LogP contribution in [-0.2, 0) is 9.59 Å². The zero-order chi connectivity index (χ0) is 21.3. The highest BCUT2D eigenvalue weighted by Gasteiger charge is 2.30. The molecule has 0 saturated heterocycles. The number of halogens is 1. The highest BCUT2D eigenvalue weighted by molar-refractivity contribution is 6.31. The predicted molar refractivity (Wildman–Crippen MR) is 115 cm³/mol. The van der Waals surface area contributed by atoms with Crippen molar-refractivity contribution in [3.05, 3.63) is 64.7 Å². The normalized spacial score (nSPS) is 15.4. The molecule has 0 aromatic heterocycles. The largest absolute Gasteiger partial charge is 0.490 e. The predicted octanol–water partition coefficient (Wildman–Crippen LogP) is 4.83. The fraction of sp³-hybridized carbons (Fsp3) is 0.217. The van der Waals surface area contributed by atoms with E-state index < -0.39 is 12.6 Å². The molecule has 2 N–H and O–H groups in total. The van der Waals surface area contributed by atoms with E-state index in [9.17, 15) is 9.59 Å². The summed E-state index contributed by atoms with van der Waals surface area (Å²) in [6.07, 6.45) is 0.238. The van der Waals surface area contributed by atoms with Crippen LogP contribution in [0.25, 0.3) is 10.8 Å². The molecule has 7 heteroatoms. The number of amides is 1. The lowest BCUT2D eigenvalue weighted by Crippen LogP contribution is -2.24. The quantitative estimate of drug-likeness (QED) is 0.590. The standard InChI is InChI=1S/C23H20ClNO5/c1-2-29-19-9-15(17(24)11-20(19)30-12-22(27)28)16-10-21(26)25-18-8-7-13-5-3-4-6-14(13)23(16)18/h3-9,11,16H,2,10,12H2,1H3,(H,25,26)(H,27,28). The third-order valence-electron chi connectivity index (χ3n) is 5.07. The van der Waals surface area contributed by atoms with Crippen LogP contribution in [-0.4, -0.2) is 30.2 Å². The number of carbonyl (C=O) groups excluding carboxylic acids is 1. The summed E-state index contributed by atoms with van der Waals surface area (Å²) in [5.41, 5.74) is 2.49. The molecule has 0 bridgehead atoms. The average Bonchev–Trinajstić information content (AvgIpc) is 2.72. The van der Waals surface area contributed by atoms with Gasteiger partial charge in [-0.3, -0.25) is 4.79 Å². The Labute approximate surface area is 178 Å². The monoisotopic (exact) mass is 425 g/mol. The molecule has 30 heavy (non-hydrogen) atoms. The highest BCUT2D eigenvalue weighted by Crippen LogP contribution is 2.46. The number of hydrogen-bond donors (Lipinski definition) is 2. The van der Waals surface area contributed by atoms with Crippen LogP contribution in [0, 0.1) is 0 Å². The molecule has 0 spiro atoms. The van der Waals surface area contributed by atoms with Crippen molar-refractivity contribution in [2.24, 2.45) is 0 Å². The van der Waals surface area contributed by atoms with Crippen LogP contribution >= 0.6 is 11.6 Å². The fourth-order valence-corrected chi connectivity index (χ4v) is 4.16. The molecule has 3 aromatic carbocycles. The number of carboxylic acid groups (broad SMARTS) is 1. The maximum Gasteiger partial charge on any atom is 0.341 e. The van der Waals surface area contributed by atoms with Crippen molar-refractivity contribution in [3.63, 3.8) is 0 Å². The number of benzene rings is 3. The number of aliphatic carboxylic acids is 1. The van der Waals surface area contributed by atoms with Crippen molar-refractivity contribution < 1.29 is 24.2 Å². The molecule has 154 valence electrons. The number of hydrogen-bond acceptors (Lipinski definition) is 4. The molecule has 0 aliphatic carbocycles. The van der Waals surface area contributed by atoms with Crippen molar-refractivity contribution in [2.45, 2.75) is 19.3 Å². The van der Waals surface area contributed by atoms with Gasteiger partial charge in [0.1, 0.15) is 0 Å². The van der Waals surface area contributed by atoms with E-state index in [1.165, 1.54) is 0 Å². The molecule has 0 radical (unpaired) electrons. The Bertz CT molecular complexity index is 1140. The maximum atomic E-state index is 12.4. The summed E-state index contributed by atoms with van der Waals surface area (Å²) in [7, 11) is 0. The van der Waals surface area contributed by atoms with Gasteiger partial charge >= 0.3 is 5.97 Å². The number of rotatable bonds is 6. The zero-order valence-electron chi connectivity index (χ0n) is 16.3. The Morgan fingerprint density at radius 2 is 1.93 bits per heavy atom. The highest BCUT2D eigenvalue weighted by atomic mass is 35.5. The maximum absolute atomic E-state index is 12.4. The van der Waals surface area contributed by atoms with Crippen molar-refractivity contribution in [3.8, 4) is 11.5 Å². The Morgan fingerprint density at radius 1 is 1.17 bits per heavy atom. The number of ether oxygens (including phenoxy) is 2. The Balaban J connectivity index is 1.86. The van der Waals surface area contributed by atoms with Gasteiger partial charge in [0, 0.05) is 29.1 Å². The van der Waals surface area contributed by atoms with Gasteiger partial charge in [-0.15, -0.1) is 0 Å². The second kappa shape index (κ2) is 8.24. The lowest BCUT2D eigenvalue weighted by atomic mass is 9.82. The van der Waals surface area contributed by atoms with Crippen LogP contribution in [0.5, 0.6) is 11.5 Å². The first kappa shape index (κ1) is 20.0. The number of carbonyl (C=O) groups is 2. The van der Waals surface area contributed by atoms with Gasteiger partial charge in [-0.2, -0.15) is 0 Å². The van der Waals surface area contributed by atoms with E-state index in [1.807, 2.05) is 43.3 Å². The van der Waals surface area contributed by atoms with Gasteiger partial charge < -0.3 is 19.9 Å². The van der Waals surface area contributed by atoms with Gasteiger partial charge in [-0.05, 0) is 41.0 Å². The van der Waals surface area contributed by atoms with Crippen molar-refractivity contribution in [2.75, 3.05) is 18.5 Å². The molecule has 0 saturated carbocycles. The van der Waals surface area contributed by atoms with Gasteiger partial charge in [0.25, 0.3) is 0 Å². The van der Waals surface area contributed by atoms with Crippen LogP contribution in [0.2, 0.25) is 5.02 Å². The second-order valence-corrected chi connectivity index (χ2v) is 7.40. The summed E-state index contributed by atoms with van der Waals surface area (Å²) in [6.45, 7) is 1.69. The van der Waals surface area contributed by atoms with Crippen LogP contribution < -0.4 is 14.8 Å². The Hall–Kier alpha value is -3.25. The molecule has 3 aromatic rings. The second-order valence-electron chi connectivity index (χ2n) is 6.99. The minimum Gasteiger partial charge on any atom is -0.490 e. The molecule has 1 amide bonds. The molecule has 1 heterocycles. The number of fused-ring (bicyclic) bond motifs is 3. The molecular formula is C23H20ClNO5. The van der Waals surface area contributed by atoms with Crippen molar-refractivity contribution in [1.29, 1.82) is 0 Å². The van der Waals surface area contributed by atoms with Gasteiger partial charge in [-0.25, -0.2) is 4.79 Å². The van der Waals surface area contributed by atoms with Crippen LogP contribution in [0.1, 0.15) is 30.4 Å². The van der Waals surface area contributed by atoms with E-state index in [2.05, 4.69) is 5.32 Å². The van der Waals surface area contributed by atoms with Crippen molar-refractivity contribution in [1.82, 2.24) is 0 Å². The summed E-state index contributed by atoms with van der Waals surface area (Å²) in [6, 6.07) is 15.2. The number of anilines is 1. The Kier molecular flexibility index (Phi) is 5.50. The third kappa shape index (κ3) is 3.78. The fourth-order valence-electron chi connectivity index (χ4n) is 3.87.